The zero-order valence-corrected chi connectivity index (χ0v) is 17.7. The number of benzene rings is 2. The van der Waals surface area contributed by atoms with E-state index in [1.165, 1.54) is 11.1 Å². The first kappa shape index (κ1) is 19.8. The van der Waals surface area contributed by atoms with Crippen LogP contribution < -0.4 is 0 Å². The minimum Gasteiger partial charge on any atom is -0.341 e. The monoisotopic (exact) mass is 414 g/mol. The van der Waals surface area contributed by atoms with Crippen LogP contribution in [0.3, 0.4) is 0 Å². The number of piperidine rings is 1. The minimum atomic E-state index is 0.0993. The van der Waals surface area contributed by atoms with Gasteiger partial charge in [-0.3, -0.25) is 9.69 Å². The van der Waals surface area contributed by atoms with Crippen molar-refractivity contribution in [2.45, 2.75) is 25.4 Å². The molecule has 2 fully saturated rings. The van der Waals surface area contributed by atoms with Crippen LogP contribution in [0.1, 0.15) is 30.0 Å². The van der Waals surface area contributed by atoms with Crippen molar-refractivity contribution in [1.29, 1.82) is 0 Å². The fraction of sp³-hybridized carbons (Fsp3) is 0.435. The highest BCUT2D eigenvalue weighted by Crippen LogP contribution is 2.35. The summed E-state index contributed by atoms with van der Waals surface area (Å²) in [6.45, 7) is 3.43. The molecule has 0 spiro atoms. The van der Waals surface area contributed by atoms with Crippen molar-refractivity contribution in [2.75, 3.05) is 31.1 Å². The number of hydrogen-bond donors (Lipinski definition) is 0. The van der Waals surface area contributed by atoms with E-state index in [2.05, 4.69) is 46.2 Å². The van der Waals surface area contributed by atoms with Crippen LogP contribution in [0.15, 0.2) is 54.6 Å². The maximum Gasteiger partial charge on any atom is 0.227 e. The molecule has 2 atom stereocenters. The average Bonchev–Trinajstić information content (AvgIpc) is 2.74. The predicted octanol–water partition coefficient (Wildman–Crippen LogP) is 4.87. The number of likely N-dealkylation sites (tertiary alicyclic amines) is 1. The van der Waals surface area contributed by atoms with E-state index < -0.39 is 0 Å². The Kier molecular flexibility index (Phi) is 6.61. The maximum absolute atomic E-state index is 13.1. The first-order valence-electron chi connectivity index (χ1n) is 10.1. The van der Waals surface area contributed by atoms with Crippen LogP contribution in [-0.2, 0) is 11.3 Å². The number of hydrogen-bond acceptors (Lipinski definition) is 3. The average molecular weight is 415 g/mol. The van der Waals surface area contributed by atoms with Crippen LogP contribution in [0.5, 0.6) is 0 Å². The van der Waals surface area contributed by atoms with Crippen molar-refractivity contribution in [2.24, 2.45) is 5.92 Å². The Morgan fingerprint density at radius 2 is 1.82 bits per heavy atom. The lowest BCUT2D eigenvalue weighted by atomic mass is 9.87. The van der Waals surface area contributed by atoms with Crippen molar-refractivity contribution in [1.82, 2.24) is 9.80 Å². The molecule has 1 amide bonds. The molecule has 2 aromatic carbocycles. The van der Waals surface area contributed by atoms with Crippen LogP contribution >= 0.6 is 23.4 Å². The number of carbonyl (C=O) groups excluding carboxylic acids is 1. The van der Waals surface area contributed by atoms with Crippen LogP contribution in [0, 0.1) is 5.92 Å². The van der Waals surface area contributed by atoms with E-state index in [1.54, 1.807) is 0 Å². The molecule has 28 heavy (non-hydrogen) atoms. The molecule has 2 aliphatic heterocycles. The second kappa shape index (κ2) is 9.34. The smallest absolute Gasteiger partial charge is 0.227 e. The zero-order valence-electron chi connectivity index (χ0n) is 16.1. The molecule has 0 aliphatic carbocycles. The molecular weight excluding hydrogens is 388 g/mol. The lowest BCUT2D eigenvalue weighted by Gasteiger charge is -2.41. The standard InChI is InChI=1S/C23H27ClN2OS/c24-21-8-4-5-18(15-21)16-26-17-20(23(27)25-11-13-28-14-12-25)9-10-22(26)19-6-2-1-3-7-19/h1-8,15,20,22H,9-14,16-17H2. The number of carbonyl (C=O) groups is 1. The van der Waals surface area contributed by atoms with Gasteiger partial charge >= 0.3 is 0 Å². The summed E-state index contributed by atoms with van der Waals surface area (Å²) < 4.78 is 0. The van der Waals surface area contributed by atoms with Crippen molar-refractivity contribution >= 4 is 29.3 Å². The highest BCUT2D eigenvalue weighted by molar-refractivity contribution is 7.99. The first-order chi connectivity index (χ1) is 13.7. The Bertz CT molecular complexity index is 794. The highest BCUT2D eigenvalue weighted by Gasteiger charge is 2.35. The van der Waals surface area contributed by atoms with Gasteiger partial charge in [0.1, 0.15) is 0 Å². The summed E-state index contributed by atoms with van der Waals surface area (Å²) in [5.41, 5.74) is 2.54. The fourth-order valence-corrected chi connectivity index (χ4v) is 5.50. The molecule has 0 N–H and O–H groups in total. The Labute approximate surface area is 177 Å². The van der Waals surface area contributed by atoms with Gasteiger partial charge in [-0.25, -0.2) is 0 Å². The highest BCUT2D eigenvalue weighted by atomic mass is 35.5. The van der Waals surface area contributed by atoms with E-state index in [9.17, 15) is 4.79 Å². The number of halogens is 1. The van der Waals surface area contributed by atoms with E-state index in [1.807, 2.05) is 30.0 Å². The van der Waals surface area contributed by atoms with Gasteiger partial charge in [-0.2, -0.15) is 11.8 Å². The largest absolute Gasteiger partial charge is 0.341 e. The summed E-state index contributed by atoms with van der Waals surface area (Å²) in [4.78, 5) is 17.7. The lowest BCUT2D eigenvalue weighted by Crippen LogP contribution is -2.47. The van der Waals surface area contributed by atoms with Crippen LogP contribution in [-0.4, -0.2) is 46.8 Å². The van der Waals surface area contributed by atoms with Gasteiger partial charge in [-0.05, 0) is 36.1 Å². The molecule has 0 aromatic heterocycles. The number of amides is 1. The third kappa shape index (κ3) is 4.73. The lowest BCUT2D eigenvalue weighted by molar-refractivity contribution is -0.137. The number of thioether (sulfide) groups is 1. The van der Waals surface area contributed by atoms with Crippen LogP contribution in [0.2, 0.25) is 5.02 Å². The zero-order chi connectivity index (χ0) is 19.3. The van der Waals surface area contributed by atoms with Crippen LogP contribution in [0.4, 0.5) is 0 Å². The van der Waals surface area contributed by atoms with Crippen molar-refractivity contribution in [3.8, 4) is 0 Å². The van der Waals surface area contributed by atoms with Gasteiger partial charge in [0.25, 0.3) is 0 Å². The first-order valence-corrected chi connectivity index (χ1v) is 11.6. The molecular formula is C23H27ClN2OS. The summed E-state index contributed by atoms with van der Waals surface area (Å²) in [5, 5.41) is 0.768. The van der Waals surface area contributed by atoms with E-state index in [4.69, 9.17) is 11.6 Å². The Hall–Kier alpha value is -1.49. The SMILES string of the molecule is O=C(C1CCC(c2ccccc2)N(Cc2cccc(Cl)c2)C1)N1CCSCC1. The van der Waals surface area contributed by atoms with Gasteiger partial charge in [0.2, 0.25) is 5.91 Å². The molecule has 3 nitrogen and oxygen atoms in total. The van der Waals surface area contributed by atoms with E-state index in [-0.39, 0.29) is 5.92 Å². The van der Waals surface area contributed by atoms with Crippen molar-refractivity contribution in [3.63, 3.8) is 0 Å². The van der Waals surface area contributed by atoms with Gasteiger partial charge < -0.3 is 4.90 Å². The Morgan fingerprint density at radius 3 is 2.57 bits per heavy atom. The molecule has 0 bridgehead atoms. The molecule has 0 saturated carbocycles. The molecule has 148 valence electrons. The molecule has 5 heteroatoms. The van der Waals surface area contributed by atoms with Crippen molar-refractivity contribution < 1.29 is 4.79 Å². The van der Waals surface area contributed by atoms with E-state index >= 15 is 0 Å². The molecule has 2 aromatic rings. The summed E-state index contributed by atoms with van der Waals surface area (Å²) >= 11 is 8.16. The van der Waals surface area contributed by atoms with E-state index in [0.29, 0.717) is 11.9 Å². The topological polar surface area (TPSA) is 23.6 Å². The third-order valence-electron chi connectivity index (χ3n) is 5.82. The van der Waals surface area contributed by atoms with Gasteiger partial charge in [-0.15, -0.1) is 0 Å². The minimum absolute atomic E-state index is 0.0993. The van der Waals surface area contributed by atoms with E-state index in [0.717, 1.165) is 55.5 Å². The maximum atomic E-state index is 13.1. The number of nitrogens with zero attached hydrogens (tertiary/aromatic N) is 2. The summed E-state index contributed by atoms with van der Waals surface area (Å²) in [6.07, 6.45) is 1.98. The van der Waals surface area contributed by atoms with Gasteiger partial charge in [0, 0.05) is 48.7 Å². The third-order valence-corrected chi connectivity index (χ3v) is 6.99. The molecule has 2 aliphatic rings. The summed E-state index contributed by atoms with van der Waals surface area (Å²) in [7, 11) is 0. The molecule has 4 rings (SSSR count). The fourth-order valence-electron chi connectivity index (χ4n) is 4.38. The Morgan fingerprint density at radius 1 is 1.04 bits per heavy atom. The Balaban J connectivity index is 1.53. The summed E-state index contributed by atoms with van der Waals surface area (Å²) in [6, 6.07) is 19.1. The van der Waals surface area contributed by atoms with Gasteiger partial charge in [0.15, 0.2) is 0 Å². The summed E-state index contributed by atoms with van der Waals surface area (Å²) in [5.74, 6) is 2.58. The van der Waals surface area contributed by atoms with Crippen molar-refractivity contribution in [3.05, 3.63) is 70.7 Å². The number of rotatable bonds is 4. The predicted molar refractivity (Wildman–Crippen MR) is 118 cm³/mol. The quantitative estimate of drug-likeness (QED) is 0.713. The van der Waals surface area contributed by atoms with Gasteiger partial charge in [0.05, 0.1) is 5.92 Å². The second-order valence-corrected chi connectivity index (χ2v) is 9.36. The second-order valence-electron chi connectivity index (χ2n) is 7.70. The van der Waals surface area contributed by atoms with Gasteiger partial charge in [-0.1, -0.05) is 54.1 Å². The normalized spacial score (nSPS) is 23.5. The molecule has 2 saturated heterocycles. The van der Waals surface area contributed by atoms with Crippen LogP contribution in [0.25, 0.3) is 0 Å². The molecule has 2 heterocycles. The molecule has 0 radical (unpaired) electrons. The molecule has 2 unspecified atom stereocenters.